The van der Waals surface area contributed by atoms with E-state index in [1.54, 1.807) is 18.0 Å². The normalized spacial score (nSPS) is 14.2. The number of nitrogens with one attached hydrogen (secondary N) is 1. The van der Waals surface area contributed by atoms with Crippen molar-refractivity contribution in [3.05, 3.63) is 24.2 Å². The second kappa shape index (κ2) is 7.41. The number of hydrogen-bond donors (Lipinski definition) is 1. The molecule has 0 fully saturated rings. The molecular formula is C13H20N2OS. The van der Waals surface area contributed by atoms with E-state index in [1.807, 2.05) is 19.1 Å². The molecule has 0 aliphatic heterocycles. The van der Waals surface area contributed by atoms with Crippen molar-refractivity contribution in [3.8, 4) is 6.07 Å². The molecule has 17 heavy (non-hydrogen) atoms. The Kier molecular flexibility index (Phi) is 6.17. The molecule has 1 unspecified atom stereocenters. The molecule has 1 rings (SSSR count). The Balaban J connectivity index is 2.21. The molecule has 94 valence electrons. The van der Waals surface area contributed by atoms with Crippen LogP contribution in [0.2, 0.25) is 0 Å². The monoisotopic (exact) mass is 252 g/mol. The number of thioether (sulfide) groups is 1. The predicted molar refractivity (Wildman–Crippen MR) is 71.8 cm³/mol. The van der Waals surface area contributed by atoms with Crippen LogP contribution in [0.4, 0.5) is 0 Å². The van der Waals surface area contributed by atoms with Crippen molar-refractivity contribution in [1.82, 2.24) is 5.32 Å². The molecule has 1 aromatic heterocycles. The van der Waals surface area contributed by atoms with Gasteiger partial charge in [-0.15, -0.1) is 0 Å². The van der Waals surface area contributed by atoms with Gasteiger partial charge in [-0.3, -0.25) is 5.32 Å². The minimum absolute atomic E-state index is 0.397. The zero-order chi connectivity index (χ0) is 12.6. The van der Waals surface area contributed by atoms with E-state index in [9.17, 15) is 0 Å². The molecule has 0 aliphatic carbocycles. The van der Waals surface area contributed by atoms with Gasteiger partial charge < -0.3 is 4.42 Å². The van der Waals surface area contributed by atoms with E-state index in [-0.39, 0.29) is 0 Å². The van der Waals surface area contributed by atoms with E-state index in [0.29, 0.717) is 0 Å². The van der Waals surface area contributed by atoms with Gasteiger partial charge in [0.05, 0.1) is 18.1 Å². The number of furan rings is 1. The molecule has 0 spiro atoms. The van der Waals surface area contributed by atoms with Crippen LogP contribution in [0.5, 0.6) is 0 Å². The Bertz CT molecular complexity index is 345. The van der Waals surface area contributed by atoms with Crippen LogP contribution >= 0.6 is 11.8 Å². The second-order valence-electron chi connectivity index (χ2n) is 4.25. The second-order valence-corrected chi connectivity index (χ2v) is 5.36. The van der Waals surface area contributed by atoms with Gasteiger partial charge in [-0.25, -0.2) is 0 Å². The molecule has 0 aromatic carbocycles. The third-order valence-corrected chi connectivity index (χ3v) is 3.56. The van der Waals surface area contributed by atoms with Crippen LogP contribution in [-0.4, -0.2) is 17.8 Å². The van der Waals surface area contributed by atoms with Crippen molar-refractivity contribution in [2.24, 2.45) is 0 Å². The van der Waals surface area contributed by atoms with Gasteiger partial charge in [0.1, 0.15) is 11.3 Å². The van der Waals surface area contributed by atoms with Crippen LogP contribution in [0, 0.1) is 11.3 Å². The van der Waals surface area contributed by atoms with Gasteiger partial charge in [0.25, 0.3) is 0 Å². The van der Waals surface area contributed by atoms with E-state index in [2.05, 4.69) is 18.3 Å². The summed E-state index contributed by atoms with van der Waals surface area (Å²) in [6.07, 6.45) is 3.60. The van der Waals surface area contributed by atoms with Crippen molar-refractivity contribution in [3.63, 3.8) is 0 Å². The summed E-state index contributed by atoms with van der Waals surface area (Å²) in [5, 5.41) is 12.4. The molecule has 4 heteroatoms. The lowest BCUT2D eigenvalue weighted by molar-refractivity contribution is 0.437. The Hall–Kier alpha value is -0.920. The summed E-state index contributed by atoms with van der Waals surface area (Å²) in [5.41, 5.74) is -0.397. The lowest BCUT2D eigenvalue weighted by atomic mass is 10.0. The van der Waals surface area contributed by atoms with E-state index in [1.165, 1.54) is 0 Å². The topological polar surface area (TPSA) is 49.0 Å². The van der Waals surface area contributed by atoms with Crippen LogP contribution in [0.25, 0.3) is 0 Å². The Morgan fingerprint density at radius 1 is 1.59 bits per heavy atom. The van der Waals surface area contributed by atoms with Crippen LogP contribution in [0.1, 0.15) is 32.4 Å². The van der Waals surface area contributed by atoms with Crippen LogP contribution in [0.15, 0.2) is 22.8 Å². The zero-order valence-corrected chi connectivity index (χ0v) is 11.3. The first-order chi connectivity index (χ1) is 8.20. The molecule has 1 N–H and O–H groups in total. The van der Waals surface area contributed by atoms with Crippen molar-refractivity contribution in [2.45, 2.75) is 38.0 Å². The molecule has 0 saturated heterocycles. The third-order valence-electron chi connectivity index (χ3n) is 2.58. The minimum Gasteiger partial charge on any atom is -0.468 e. The fraction of sp³-hybridized carbons (Fsp3) is 0.615. The van der Waals surface area contributed by atoms with E-state index in [4.69, 9.17) is 9.68 Å². The third kappa shape index (κ3) is 5.29. The van der Waals surface area contributed by atoms with Gasteiger partial charge in [0.2, 0.25) is 0 Å². The molecule has 0 amide bonds. The number of nitrogens with zero attached hydrogens (tertiary/aromatic N) is 1. The molecule has 0 bridgehead atoms. The summed E-state index contributed by atoms with van der Waals surface area (Å²) in [6, 6.07) is 6.24. The highest BCUT2D eigenvalue weighted by molar-refractivity contribution is 7.98. The molecule has 0 saturated carbocycles. The molecule has 1 heterocycles. The molecular weight excluding hydrogens is 232 g/mol. The predicted octanol–water partition coefficient (Wildman–Crippen LogP) is 3.18. The van der Waals surface area contributed by atoms with E-state index >= 15 is 0 Å². The number of rotatable bonds is 8. The highest BCUT2D eigenvalue weighted by atomic mass is 32.2. The van der Waals surface area contributed by atoms with Gasteiger partial charge in [0, 0.05) is 0 Å². The Morgan fingerprint density at radius 3 is 3.00 bits per heavy atom. The summed E-state index contributed by atoms with van der Waals surface area (Å²) in [4.78, 5) is 0. The number of nitriles is 1. The van der Waals surface area contributed by atoms with E-state index in [0.717, 1.165) is 36.7 Å². The molecule has 0 aliphatic rings. The zero-order valence-electron chi connectivity index (χ0n) is 10.5. The fourth-order valence-corrected chi connectivity index (χ4v) is 2.49. The van der Waals surface area contributed by atoms with Crippen LogP contribution < -0.4 is 5.32 Å². The lowest BCUT2D eigenvalue weighted by Crippen LogP contribution is -2.41. The highest BCUT2D eigenvalue weighted by Crippen LogP contribution is 2.17. The van der Waals surface area contributed by atoms with Crippen molar-refractivity contribution in [2.75, 3.05) is 12.3 Å². The maximum atomic E-state index is 9.15. The first-order valence-corrected chi connectivity index (χ1v) is 7.12. The molecule has 0 radical (unpaired) electrons. The first-order valence-electron chi connectivity index (χ1n) is 5.96. The van der Waals surface area contributed by atoms with Crippen LogP contribution in [0.3, 0.4) is 0 Å². The average molecular weight is 252 g/mol. The molecule has 1 atom stereocenters. The van der Waals surface area contributed by atoms with Gasteiger partial charge in [-0.1, -0.05) is 6.92 Å². The summed E-state index contributed by atoms with van der Waals surface area (Å²) in [5.74, 6) is 2.83. The summed E-state index contributed by atoms with van der Waals surface area (Å²) < 4.78 is 5.26. The van der Waals surface area contributed by atoms with Gasteiger partial charge in [-0.2, -0.15) is 17.0 Å². The van der Waals surface area contributed by atoms with E-state index < -0.39 is 5.54 Å². The molecule has 1 aromatic rings. The molecule has 3 nitrogen and oxygen atoms in total. The van der Waals surface area contributed by atoms with Crippen molar-refractivity contribution >= 4 is 11.8 Å². The Labute approximate surface area is 108 Å². The fourth-order valence-electron chi connectivity index (χ4n) is 1.43. The maximum Gasteiger partial charge on any atom is 0.113 e. The number of hydrogen-bond acceptors (Lipinski definition) is 4. The van der Waals surface area contributed by atoms with Gasteiger partial charge in [0.15, 0.2) is 0 Å². The lowest BCUT2D eigenvalue weighted by Gasteiger charge is -2.22. The summed E-state index contributed by atoms with van der Waals surface area (Å²) in [7, 11) is 0. The summed E-state index contributed by atoms with van der Waals surface area (Å²) >= 11 is 1.80. The quantitative estimate of drug-likeness (QED) is 0.722. The van der Waals surface area contributed by atoms with Gasteiger partial charge >= 0.3 is 0 Å². The minimum atomic E-state index is -0.397. The van der Waals surface area contributed by atoms with Crippen LogP contribution in [-0.2, 0) is 5.75 Å². The standard InChI is InChI=1S/C13H20N2OS/c1-3-7-15-13(2,11-14)6-9-17-10-12-5-4-8-16-12/h4-5,8,15H,3,6-7,9-10H2,1-2H3. The van der Waals surface area contributed by atoms with Crippen molar-refractivity contribution in [1.29, 1.82) is 5.26 Å². The Morgan fingerprint density at radius 2 is 2.41 bits per heavy atom. The summed E-state index contributed by atoms with van der Waals surface area (Å²) in [6.45, 7) is 4.97. The smallest absolute Gasteiger partial charge is 0.113 e. The van der Waals surface area contributed by atoms with Crippen molar-refractivity contribution < 1.29 is 4.42 Å². The largest absolute Gasteiger partial charge is 0.468 e. The SMILES string of the molecule is CCCNC(C)(C#N)CCSCc1ccco1. The maximum absolute atomic E-state index is 9.15. The average Bonchev–Trinajstić information content (AvgIpc) is 2.85. The first kappa shape index (κ1) is 14.1. The van der Waals surface area contributed by atoms with Gasteiger partial charge in [-0.05, 0) is 44.2 Å². The highest BCUT2D eigenvalue weighted by Gasteiger charge is 2.21.